The molecule has 18 heavy (non-hydrogen) atoms. The minimum Gasteiger partial charge on any atom is -0.369 e. The molecule has 0 aliphatic carbocycles. The predicted molar refractivity (Wildman–Crippen MR) is 66.7 cm³/mol. The van der Waals surface area contributed by atoms with Gasteiger partial charge in [0.15, 0.2) is 0 Å². The molecule has 1 saturated heterocycles. The smallest absolute Gasteiger partial charge is 0.369 e. The van der Waals surface area contributed by atoms with E-state index in [1.807, 2.05) is 6.92 Å². The zero-order valence-electron chi connectivity index (χ0n) is 9.88. The Morgan fingerprint density at radius 1 is 1.33 bits per heavy atom. The summed E-state index contributed by atoms with van der Waals surface area (Å²) < 4.78 is 43.6. The van der Waals surface area contributed by atoms with Crippen LogP contribution in [-0.4, -0.2) is 10.9 Å². The van der Waals surface area contributed by atoms with E-state index in [-0.39, 0.29) is 17.0 Å². The molecule has 2 rings (SSSR count). The van der Waals surface area contributed by atoms with E-state index in [0.29, 0.717) is 5.56 Å². The number of rotatable bonds is 2. The van der Waals surface area contributed by atoms with Crippen LogP contribution in [0.3, 0.4) is 0 Å². The Morgan fingerprint density at radius 2 is 2.06 bits per heavy atom. The van der Waals surface area contributed by atoms with E-state index in [4.69, 9.17) is 4.74 Å². The van der Waals surface area contributed by atoms with Crippen LogP contribution in [0, 0.1) is 0 Å². The highest BCUT2D eigenvalue weighted by molar-refractivity contribution is 9.09. The first kappa shape index (κ1) is 13.9. The fourth-order valence-electron chi connectivity index (χ4n) is 2.16. The van der Waals surface area contributed by atoms with Gasteiger partial charge in [-0.15, -0.1) is 0 Å². The van der Waals surface area contributed by atoms with Gasteiger partial charge in [0.2, 0.25) is 0 Å². The van der Waals surface area contributed by atoms with Crippen LogP contribution in [0.15, 0.2) is 24.3 Å². The summed E-state index contributed by atoms with van der Waals surface area (Å²) in [6, 6.07) is 5.41. The maximum absolute atomic E-state index is 12.6. The van der Waals surface area contributed by atoms with Crippen LogP contribution in [0.1, 0.15) is 37.0 Å². The van der Waals surface area contributed by atoms with Gasteiger partial charge in [-0.05, 0) is 30.5 Å². The zero-order chi connectivity index (χ0) is 13.3. The third-order valence-corrected chi connectivity index (χ3v) is 3.74. The number of alkyl halides is 4. The summed E-state index contributed by atoms with van der Waals surface area (Å²) in [7, 11) is 0. The third-order valence-electron chi connectivity index (χ3n) is 3.15. The van der Waals surface area contributed by atoms with Gasteiger partial charge in [0, 0.05) is 4.83 Å². The van der Waals surface area contributed by atoms with Gasteiger partial charge in [-0.1, -0.05) is 35.0 Å². The Bertz CT molecular complexity index is 417. The molecule has 1 fully saturated rings. The summed E-state index contributed by atoms with van der Waals surface area (Å²) in [6.07, 6.45) is -2.81. The summed E-state index contributed by atoms with van der Waals surface area (Å²) in [5.41, 5.74) is -0.000541. The van der Waals surface area contributed by atoms with E-state index in [2.05, 4.69) is 15.9 Å². The molecular formula is C13H14BrF3O. The van der Waals surface area contributed by atoms with Gasteiger partial charge >= 0.3 is 6.18 Å². The Hall–Kier alpha value is -0.550. The van der Waals surface area contributed by atoms with Crippen LogP contribution in [0.25, 0.3) is 0 Å². The second-order valence-electron chi connectivity index (χ2n) is 4.54. The average Bonchev–Trinajstić information content (AvgIpc) is 2.77. The van der Waals surface area contributed by atoms with E-state index in [1.165, 1.54) is 12.1 Å². The number of ether oxygens (including phenoxy) is 1. The van der Waals surface area contributed by atoms with E-state index in [1.54, 1.807) is 6.07 Å². The van der Waals surface area contributed by atoms with Crippen molar-refractivity contribution in [3.8, 4) is 0 Å². The van der Waals surface area contributed by atoms with Crippen LogP contribution in [0.2, 0.25) is 0 Å². The fraction of sp³-hybridized carbons (Fsp3) is 0.538. The molecule has 3 unspecified atom stereocenters. The van der Waals surface area contributed by atoms with Crippen molar-refractivity contribution in [1.82, 2.24) is 0 Å². The standard InChI is InChI=1S/C13H14BrF3O/c1-8(14)11-5-6-12(18-11)9-3-2-4-10(7-9)13(15,16)17/h2-4,7-8,11-12H,5-6H2,1H3. The van der Waals surface area contributed by atoms with E-state index in [9.17, 15) is 13.2 Å². The minimum absolute atomic E-state index is 0.0737. The predicted octanol–water partition coefficient (Wildman–Crippen LogP) is 4.71. The number of halogens is 4. The lowest BCUT2D eigenvalue weighted by atomic mass is 10.0. The first-order valence-corrected chi connectivity index (χ1v) is 6.76. The number of benzene rings is 1. The minimum atomic E-state index is -4.29. The Kier molecular flexibility index (Phi) is 4.02. The second-order valence-corrected chi connectivity index (χ2v) is 5.99. The quantitative estimate of drug-likeness (QED) is 0.716. The maximum atomic E-state index is 12.6. The normalized spacial score (nSPS) is 26.3. The summed E-state index contributed by atoms with van der Waals surface area (Å²) in [4.78, 5) is 0.216. The molecule has 0 aromatic heterocycles. The SMILES string of the molecule is CC(Br)C1CCC(c2cccc(C(F)(F)F)c2)O1. The second kappa shape index (κ2) is 5.21. The van der Waals surface area contributed by atoms with Gasteiger partial charge in [-0.25, -0.2) is 0 Å². The molecule has 100 valence electrons. The molecule has 1 nitrogen and oxygen atoms in total. The molecule has 0 saturated carbocycles. The van der Waals surface area contributed by atoms with Gasteiger partial charge in [-0.3, -0.25) is 0 Å². The molecule has 0 spiro atoms. The Morgan fingerprint density at radius 3 is 2.61 bits per heavy atom. The van der Waals surface area contributed by atoms with Crippen molar-refractivity contribution in [3.63, 3.8) is 0 Å². The maximum Gasteiger partial charge on any atom is 0.416 e. The van der Waals surface area contributed by atoms with Gasteiger partial charge in [0.1, 0.15) is 0 Å². The lowest BCUT2D eigenvalue weighted by Gasteiger charge is -2.17. The molecule has 1 aliphatic heterocycles. The van der Waals surface area contributed by atoms with Gasteiger partial charge in [0.25, 0.3) is 0 Å². The van der Waals surface area contributed by atoms with Gasteiger partial charge in [0.05, 0.1) is 17.8 Å². The van der Waals surface area contributed by atoms with E-state index in [0.717, 1.165) is 18.9 Å². The zero-order valence-corrected chi connectivity index (χ0v) is 11.5. The van der Waals surface area contributed by atoms with Crippen molar-refractivity contribution in [2.45, 2.75) is 43.0 Å². The molecule has 0 radical (unpaired) electrons. The van der Waals surface area contributed by atoms with E-state index >= 15 is 0 Å². The summed E-state index contributed by atoms with van der Waals surface area (Å²) in [5.74, 6) is 0. The van der Waals surface area contributed by atoms with Crippen LogP contribution >= 0.6 is 15.9 Å². The van der Waals surface area contributed by atoms with Crippen LogP contribution in [0.5, 0.6) is 0 Å². The monoisotopic (exact) mass is 322 g/mol. The number of hydrogen-bond donors (Lipinski definition) is 0. The molecule has 1 aliphatic rings. The summed E-state index contributed by atoms with van der Waals surface area (Å²) in [5, 5.41) is 0. The van der Waals surface area contributed by atoms with Crippen molar-refractivity contribution >= 4 is 15.9 Å². The van der Waals surface area contributed by atoms with E-state index < -0.39 is 11.7 Å². The topological polar surface area (TPSA) is 9.23 Å². The highest BCUT2D eigenvalue weighted by Crippen LogP contribution is 2.37. The van der Waals surface area contributed by atoms with Crippen molar-refractivity contribution in [1.29, 1.82) is 0 Å². The molecule has 5 heteroatoms. The molecule has 1 heterocycles. The molecular weight excluding hydrogens is 309 g/mol. The van der Waals surface area contributed by atoms with Crippen LogP contribution in [0.4, 0.5) is 13.2 Å². The van der Waals surface area contributed by atoms with Crippen LogP contribution in [-0.2, 0) is 10.9 Å². The molecule has 0 amide bonds. The number of hydrogen-bond acceptors (Lipinski definition) is 1. The molecule has 0 bridgehead atoms. The first-order chi connectivity index (χ1) is 8.38. The molecule has 0 N–H and O–H groups in total. The molecule has 1 aromatic rings. The molecule has 1 aromatic carbocycles. The molecule has 3 atom stereocenters. The third kappa shape index (κ3) is 3.06. The van der Waals surface area contributed by atoms with Crippen molar-refractivity contribution < 1.29 is 17.9 Å². The van der Waals surface area contributed by atoms with Crippen molar-refractivity contribution in [2.75, 3.05) is 0 Å². The van der Waals surface area contributed by atoms with Crippen molar-refractivity contribution in [2.24, 2.45) is 0 Å². The fourth-order valence-corrected chi connectivity index (χ4v) is 2.55. The summed E-state index contributed by atoms with van der Waals surface area (Å²) in [6.45, 7) is 1.99. The highest BCUT2D eigenvalue weighted by atomic mass is 79.9. The average molecular weight is 323 g/mol. The van der Waals surface area contributed by atoms with Crippen LogP contribution < -0.4 is 0 Å². The largest absolute Gasteiger partial charge is 0.416 e. The lowest BCUT2D eigenvalue weighted by Crippen LogP contribution is -2.16. The van der Waals surface area contributed by atoms with Crippen molar-refractivity contribution in [3.05, 3.63) is 35.4 Å². The Balaban J connectivity index is 2.15. The lowest BCUT2D eigenvalue weighted by molar-refractivity contribution is -0.137. The Labute approximate surface area is 112 Å². The first-order valence-electron chi connectivity index (χ1n) is 5.84. The highest BCUT2D eigenvalue weighted by Gasteiger charge is 2.33. The summed E-state index contributed by atoms with van der Waals surface area (Å²) >= 11 is 3.44. The van der Waals surface area contributed by atoms with Gasteiger partial charge in [-0.2, -0.15) is 13.2 Å². The van der Waals surface area contributed by atoms with Gasteiger partial charge < -0.3 is 4.74 Å².